The molecule has 0 aliphatic carbocycles. The van der Waals surface area contributed by atoms with Gasteiger partial charge in [-0.05, 0) is 38.3 Å². The molecule has 6 heteroatoms. The van der Waals surface area contributed by atoms with Crippen molar-refractivity contribution in [2.45, 2.75) is 32.7 Å². The van der Waals surface area contributed by atoms with Gasteiger partial charge in [-0.15, -0.1) is 0 Å². The van der Waals surface area contributed by atoms with Gasteiger partial charge in [0.15, 0.2) is 0 Å². The fourth-order valence-electron chi connectivity index (χ4n) is 2.72. The molecular formula is C15H21N3O3. The van der Waals surface area contributed by atoms with E-state index in [9.17, 15) is 14.9 Å². The van der Waals surface area contributed by atoms with E-state index in [1.165, 1.54) is 12.5 Å². The van der Waals surface area contributed by atoms with Crippen LogP contribution >= 0.6 is 0 Å². The first-order valence-corrected chi connectivity index (χ1v) is 7.27. The molecule has 0 bridgehead atoms. The van der Waals surface area contributed by atoms with Crippen LogP contribution in [0.5, 0.6) is 0 Å². The Balaban J connectivity index is 2.05. The molecule has 0 unspecified atom stereocenters. The zero-order valence-corrected chi connectivity index (χ0v) is 12.4. The average molecular weight is 291 g/mol. The molecule has 0 radical (unpaired) electrons. The van der Waals surface area contributed by atoms with E-state index in [0.717, 1.165) is 19.5 Å². The lowest BCUT2D eigenvalue weighted by Gasteiger charge is -2.34. The number of para-hydroxylation sites is 2. The van der Waals surface area contributed by atoms with Gasteiger partial charge in [0.05, 0.1) is 11.0 Å². The van der Waals surface area contributed by atoms with Gasteiger partial charge in [0.1, 0.15) is 5.69 Å². The van der Waals surface area contributed by atoms with Gasteiger partial charge in [-0.1, -0.05) is 19.1 Å². The van der Waals surface area contributed by atoms with Crippen LogP contribution in [0.2, 0.25) is 0 Å². The molecule has 1 aromatic carbocycles. The molecule has 114 valence electrons. The zero-order valence-electron chi connectivity index (χ0n) is 12.4. The molecule has 1 N–H and O–H groups in total. The lowest BCUT2D eigenvalue weighted by atomic mass is 9.99. The lowest BCUT2D eigenvalue weighted by Crippen LogP contribution is -2.46. The number of amides is 1. The minimum Gasteiger partial charge on any atom is -0.319 e. The summed E-state index contributed by atoms with van der Waals surface area (Å²) in [6.07, 6.45) is 2.28. The Labute approximate surface area is 124 Å². The Morgan fingerprint density at radius 3 is 2.86 bits per heavy atom. The number of likely N-dealkylation sites (tertiary alicyclic amines) is 1. The summed E-state index contributed by atoms with van der Waals surface area (Å²) >= 11 is 0. The minimum atomic E-state index is -0.483. The van der Waals surface area contributed by atoms with Gasteiger partial charge in [-0.3, -0.25) is 19.8 Å². The molecule has 1 saturated heterocycles. The lowest BCUT2D eigenvalue weighted by molar-refractivity contribution is -0.383. The predicted octanol–water partition coefficient (Wildman–Crippen LogP) is 2.65. The number of piperidine rings is 1. The SMILES string of the molecule is C[C@@H]1CCCN([C@@H](C)C(=O)Nc2ccccc2[N+](=O)[O-])C1. The van der Waals surface area contributed by atoms with Crippen molar-refractivity contribution in [2.24, 2.45) is 5.92 Å². The maximum Gasteiger partial charge on any atom is 0.292 e. The standard InChI is InChI=1S/C15H21N3O3/c1-11-6-5-9-17(10-11)12(2)15(19)16-13-7-3-4-8-14(13)18(20)21/h3-4,7-8,11-12H,5-6,9-10H2,1-2H3,(H,16,19)/t11-,12+/m1/s1. The van der Waals surface area contributed by atoms with Crippen molar-refractivity contribution in [3.8, 4) is 0 Å². The number of hydrogen-bond acceptors (Lipinski definition) is 4. The maximum atomic E-state index is 12.3. The van der Waals surface area contributed by atoms with Crippen LogP contribution in [0.3, 0.4) is 0 Å². The fourth-order valence-corrected chi connectivity index (χ4v) is 2.72. The highest BCUT2D eigenvalue weighted by molar-refractivity contribution is 5.96. The summed E-state index contributed by atoms with van der Waals surface area (Å²) in [7, 11) is 0. The van der Waals surface area contributed by atoms with E-state index in [1.54, 1.807) is 18.2 Å². The van der Waals surface area contributed by atoms with E-state index in [-0.39, 0.29) is 23.3 Å². The molecule has 1 amide bonds. The summed E-state index contributed by atoms with van der Waals surface area (Å²) in [5.74, 6) is 0.387. The summed E-state index contributed by atoms with van der Waals surface area (Å²) in [4.78, 5) is 24.9. The number of carbonyl (C=O) groups excluding carboxylic acids is 1. The monoisotopic (exact) mass is 291 g/mol. The van der Waals surface area contributed by atoms with Crippen molar-refractivity contribution in [3.05, 3.63) is 34.4 Å². The van der Waals surface area contributed by atoms with Crippen molar-refractivity contribution < 1.29 is 9.72 Å². The third-order valence-corrected chi connectivity index (χ3v) is 3.97. The van der Waals surface area contributed by atoms with Crippen molar-refractivity contribution in [1.82, 2.24) is 4.90 Å². The first kappa shape index (κ1) is 15.4. The number of benzene rings is 1. The van der Waals surface area contributed by atoms with Gasteiger partial charge < -0.3 is 5.32 Å². The number of carbonyl (C=O) groups is 1. The van der Waals surface area contributed by atoms with Crippen LogP contribution in [0.25, 0.3) is 0 Å². The number of anilines is 1. The van der Waals surface area contributed by atoms with Crippen LogP contribution in [-0.4, -0.2) is 34.9 Å². The Kier molecular flexibility index (Phi) is 4.90. The summed E-state index contributed by atoms with van der Waals surface area (Å²) in [5, 5.41) is 13.6. The highest BCUT2D eigenvalue weighted by Gasteiger charge is 2.26. The number of hydrogen-bond donors (Lipinski definition) is 1. The molecule has 6 nitrogen and oxygen atoms in total. The van der Waals surface area contributed by atoms with Gasteiger partial charge in [0.2, 0.25) is 5.91 Å². The predicted molar refractivity (Wildman–Crippen MR) is 81.2 cm³/mol. The second-order valence-corrected chi connectivity index (χ2v) is 5.68. The number of nitrogens with one attached hydrogen (secondary N) is 1. The Morgan fingerprint density at radius 2 is 2.19 bits per heavy atom. The summed E-state index contributed by atoms with van der Waals surface area (Å²) < 4.78 is 0. The second-order valence-electron chi connectivity index (χ2n) is 5.68. The fraction of sp³-hybridized carbons (Fsp3) is 0.533. The Morgan fingerprint density at radius 1 is 1.48 bits per heavy atom. The summed E-state index contributed by atoms with van der Waals surface area (Å²) in [6.45, 7) is 5.82. The van der Waals surface area contributed by atoms with E-state index in [1.807, 2.05) is 6.92 Å². The Bertz CT molecular complexity index is 533. The molecule has 1 heterocycles. The van der Waals surface area contributed by atoms with Crippen molar-refractivity contribution in [3.63, 3.8) is 0 Å². The number of nitrogens with zero attached hydrogens (tertiary/aromatic N) is 2. The molecule has 2 atom stereocenters. The number of nitro benzene ring substituents is 1. The molecule has 0 aromatic heterocycles. The minimum absolute atomic E-state index is 0.0786. The first-order chi connectivity index (χ1) is 9.99. The van der Waals surface area contributed by atoms with Crippen LogP contribution in [0.1, 0.15) is 26.7 Å². The molecule has 21 heavy (non-hydrogen) atoms. The molecule has 2 rings (SSSR count). The Hall–Kier alpha value is -1.95. The quantitative estimate of drug-likeness (QED) is 0.683. The van der Waals surface area contributed by atoms with Gasteiger partial charge in [0, 0.05) is 12.6 Å². The third kappa shape index (κ3) is 3.78. The average Bonchev–Trinajstić information content (AvgIpc) is 2.46. The smallest absolute Gasteiger partial charge is 0.292 e. The number of nitro groups is 1. The highest BCUT2D eigenvalue weighted by Crippen LogP contribution is 2.24. The van der Waals surface area contributed by atoms with E-state index in [4.69, 9.17) is 0 Å². The van der Waals surface area contributed by atoms with E-state index in [2.05, 4.69) is 17.1 Å². The van der Waals surface area contributed by atoms with Crippen molar-refractivity contribution in [2.75, 3.05) is 18.4 Å². The summed E-state index contributed by atoms with van der Waals surface area (Å²) in [6, 6.07) is 5.93. The molecular weight excluding hydrogens is 270 g/mol. The highest BCUT2D eigenvalue weighted by atomic mass is 16.6. The number of rotatable bonds is 4. The summed E-state index contributed by atoms with van der Waals surface area (Å²) in [5.41, 5.74) is 0.175. The van der Waals surface area contributed by atoms with Crippen LogP contribution < -0.4 is 5.32 Å². The largest absolute Gasteiger partial charge is 0.319 e. The van der Waals surface area contributed by atoms with Crippen molar-refractivity contribution >= 4 is 17.3 Å². The van der Waals surface area contributed by atoms with Crippen LogP contribution in [0.15, 0.2) is 24.3 Å². The molecule has 1 aliphatic heterocycles. The second kappa shape index (κ2) is 6.67. The van der Waals surface area contributed by atoms with Gasteiger partial charge in [0.25, 0.3) is 5.69 Å². The first-order valence-electron chi connectivity index (χ1n) is 7.27. The van der Waals surface area contributed by atoms with Gasteiger partial charge in [-0.2, -0.15) is 0 Å². The third-order valence-electron chi connectivity index (χ3n) is 3.97. The molecule has 1 aliphatic rings. The van der Waals surface area contributed by atoms with Crippen LogP contribution in [0.4, 0.5) is 11.4 Å². The maximum absolute atomic E-state index is 12.3. The molecule has 1 aromatic rings. The zero-order chi connectivity index (χ0) is 15.4. The van der Waals surface area contributed by atoms with Gasteiger partial charge in [-0.25, -0.2) is 0 Å². The van der Waals surface area contributed by atoms with E-state index >= 15 is 0 Å². The normalized spacial score (nSPS) is 20.8. The van der Waals surface area contributed by atoms with Crippen LogP contribution in [-0.2, 0) is 4.79 Å². The van der Waals surface area contributed by atoms with Crippen LogP contribution in [0, 0.1) is 16.0 Å². The molecule has 0 spiro atoms. The van der Waals surface area contributed by atoms with Crippen molar-refractivity contribution in [1.29, 1.82) is 0 Å². The van der Waals surface area contributed by atoms with E-state index in [0.29, 0.717) is 5.92 Å². The topological polar surface area (TPSA) is 75.5 Å². The molecule has 1 fully saturated rings. The van der Waals surface area contributed by atoms with Gasteiger partial charge >= 0.3 is 0 Å². The molecule has 0 saturated carbocycles. The van der Waals surface area contributed by atoms with E-state index < -0.39 is 4.92 Å².